The fourth-order valence-corrected chi connectivity index (χ4v) is 5.27. The number of ether oxygens (including phenoxy) is 3. The summed E-state index contributed by atoms with van der Waals surface area (Å²) in [5.74, 6) is -2.09. The van der Waals surface area contributed by atoms with E-state index in [0.29, 0.717) is 13.0 Å². The molecule has 0 aromatic rings. The van der Waals surface area contributed by atoms with Gasteiger partial charge in [0.2, 0.25) is 11.8 Å². The van der Waals surface area contributed by atoms with Crippen molar-refractivity contribution < 1.29 is 38.2 Å². The summed E-state index contributed by atoms with van der Waals surface area (Å²) in [4.78, 5) is 62.1. The molecule has 0 spiro atoms. The van der Waals surface area contributed by atoms with Gasteiger partial charge in [0, 0.05) is 17.7 Å². The molecule has 0 rings (SSSR count). The highest BCUT2D eigenvalue weighted by Crippen LogP contribution is 2.14. The highest BCUT2D eigenvalue weighted by molar-refractivity contribution is 5.88. The van der Waals surface area contributed by atoms with Gasteiger partial charge in [-0.05, 0) is 33.1 Å². The van der Waals surface area contributed by atoms with Gasteiger partial charge < -0.3 is 30.2 Å². The van der Waals surface area contributed by atoms with Crippen LogP contribution >= 0.6 is 0 Å². The number of alkyl carbamates (subject to hydrolysis) is 1. The number of esters is 2. The predicted molar refractivity (Wildman–Crippen MR) is 203 cm³/mol. The Kier molecular flexibility index (Phi) is 27.3. The van der Waals surface area contributed by atoms with Crippen LogP contribution < -0.4 is 16.0 Å². The van der Waals surface area contributed by atoms with E-state index in [4.69, 9.17) is 14.2 Å². The summed E-state index contributed by atoms with van der Waals surface area (Å²) >= 11 is 0. The Labute approximate surface area is 308 Å². The van der Waals surface area contributed by atoms with Crippen LogP contribution in [0.1, 0.15) is 157 Å². The minimum Gasteiger partial charge on any atom is -0.460 e. The average molecular weight is 722 g/mol. The molecule has 3 N–H and O–H groups in total. The Morgan fingerprint density at radius 3 is 1.51 bits per heavy atom. The van der Waals surface area contributed by atoms with E-state index in [-0.39, 0.29) is 49.2 Å². The Morgan fingerprint density at radius 2 is 1.10 bits per heavy atom. The highest BCUT2D eigenvalue weighted by atomic mass is 16.6. The molecule has 51 heavy (non-hydrogen) atoms. The number of unbranched alkanes of at least 4 members (excludes halogenated alkanes) is 15. The molecular formula is C40H71N3O8. The molecule has 294 valence electrons. The van der Waals surface area contributed by atoms with Crippen LogP contribution in [0.15, 0.2) is 24.3 Å². The molecule has 0 heterocycles. The summed E-state index contributed by atoms with van der Waals surface area (Å²) in [5, 5.41) is 8.30. The van der Waals surface area contributed by atoms with Gasteiger partial charge in [0.1, 0.15) is 31.4 Å². The monoisotopic (exact) mass is 722 g/mol. The zero-order valence-electron chi connectivity index (χ0n) is 32.9. The summed E-state index contributed by atoms with van der Waals surface area (Å²) in [6.07, 6.45) is 20.2. The van der Waals surface area contributed by atoms with E-state index in [1.807, 2.05) is 13.8 Å². The number of hydrogen-bond donors (Lipinski definition) is 3. The molecule has 0 bridgehead atoms. The second kappa shape index (κ2) is 29.2. The molecule has 0 radical (unpaired) electrons. The molecule has 3 amide bonds. The van der Waals surface area contributed by atoms with Crippen LogP contribution in [0.4, 0.5) is 4.79 Å². The molecule has 0 aromatic heterocycles. The maximum Gasteiger partial charge on any atom is 0.407 e. The molecule has 0 saturated carbocycles. The normalized spacial score (nSPS) is 12.3. The van der Waals surface area contributed by atoms with Crippen molar-refractivity contribution in [3.63, 3.8) is 0 Å². The lowest BCUT2D eigenvalue weighted by molar-refractivity contribution is -0.145. The number of rotatable bonds is 31. The Hall–Kier alpha value is -3.37. The van der Waals surface area contributed by atoms with Gasteiger partial charge in [0.25, 0.3) is 0 Å². The number of hydrogen-bond acceptors (Lipinski definition) is 8. The van der Waals surface area contributed by atoms with Crippen molar-refractivity contribution in [3.05, 3.63) is 24.3 Å². The minimum atomic E-state index is -1.33. The van der Waals surface area contributed by atoms with Gasteiger partial charge in [-0.1, -0.05) is 137 Å². The van der Waals surface area contributed by atoms with Crippen molar-refractivity contribution in [2.45, 2.75) is 169 Å². The molecule has 0 saturated heterocycles. The summed E-state index contributed by atoms with van der Waals surface area (Å²) < 4.78 is 15.5. The Balaban J connectivity index is 4.44. The summed E-state index contributed by atoms with van der Waals surface area (Å²) in [5.41, 5.74) is -1.01. The van der Waals surface area contributed by atoms with Crippen molar-refractivity contribution in [1.29, 1.82) is 0 Å². The summed E-state index contributed by atoms with van der Waals surface area (Å²) in [6.45, 7) is 17.3. The van der Waals surface area contributed by atoms with Crippen molar-refractivity contribution in [1.82, 2.24) is 16.0 Å². The molecular weight excluding hydrogens is 650 g/mol. The maximum absolute atomic E-state index is 13.0. The lowest BCUT2D eigenvalue weighted by Crippen LogP contribution is -2.54. The Bertz CT molecular complexity index is 1030. The van der Waals surface area contributed by atoms with Crippen molar-refractivity contribution in [3.8, 4) is 0 Å². The summed E-state index contributed by atoms with van der Waals surface area (Å²) in [7, 11) is 0. The quantitative estimate of drug-likeness (QED) is 0.0282. The first-order valence-electron chi connectivity index (χ1n) is 19.4. The van der Waals surface area contributed by atoms with Crippen LogP contribution in [-0.4, -0.2) is 67.8 Å². The van der Waals surface area contributed by atoms with Gasteiger partial charge in [-0.3, -0.25) is 9.59 Å². The van der Waals surface area contributed by atoms with Gasteiger partial charge in [0.15, 0.2) is 0 Å². The smallest absolute Gasteiger partial charge is 0.407 e. The van der Waals surface area contributed by atoms with E-state index < -0.39 is 35.5 Å². The Morgan fingerprint density at radius 1 is 0.667 bits per heavy atom. The minimum absolute atomic E-state index is 0.0894. The standard InChI is InChI=1S/C40H71N3O8/c1-9-11-12-13-14-15-16-17-18-19-20-21-22-23-24-25-27-41-36(45)35(33(7)10-2)42-34(44)26-28-49-39(48)43-40(8,29-50-37(46)31(3)4)30-51-38(47)32(5)6/h33,35H,3,5,9-30H2,1-2,4,6-8H3,(H,41,45)(H,42,44)(H,43,48)/t33-,35-/m0/s1. The average Bonchev–Trinajstić information content (AvgIpc) is 3.09. The molecule has 0 fully saturated rings. The zero-order valence-corrected chi connectivity index (χ0v) is 32.9. The van der Waals surface area contributed by atoms with Gasteiger partial charge in [0.05, 0.1) is 6.42 Å². The molecule has 0 aliphatic heterocycles. The zero-order chi connectivity index (χ0) is 38.5. The number of carbonyl (C=O) groups excluding carboxylic acids is 5. The first-order valence-corrected chi connectivity index (χ1v) is 19.4. The fourth-order valence-electron chi connectivity index (χ4n) is 5.27. The van der Waals surface area contributed by atoms with Crippen LogP contribution in [0.3, 0.4) is 0 Å². The second-order valence-electron chi connectivity index (χ2n) is 14.3. The lowest BCUT2D eigenvalue weighted by atomic mass is 9.98. The predicted octanol–water partition coefficient (Wildman–Crippen LogP) is 8.01. The lowest BCUT2D eigenvalue weighted by Gasteiger charge is -2.29. The third-order valence-electron chi connectivity index (χ3n) is 8.85. The van der Waals surface area contributed by atoms with Crippen molar-refractivity contribution in [2.24, 2.45) is 5.92 Å². The van der Waals surface area contributed by atoms with Crippen molar-refractivity contribution >= 4 is 29.8 Å². The number of nitrogens with one attached hydrogen (secondary N) is 3. The van der Waals surface area contributed by atoms with Crippen LogP contribution in [0.2, 0.25) is 0 Å². The van der Waals surface area contributed by atoms with Gasteiger partial charge >= 0.3 is 18.0 Å². The van der Waals surface area contributed by atoms with E-state index in [1.54, 1.807) is 0 Å². The van der Waals surface area contributed by atoms with Crippen LogP contribution in [0, 0.1) is 5.92 Å². The third kappa shape index (κ3) is 25.3. The topological polar surface area (TPSA) is 149 Å². The molecule has 2 atom stereocenters. The SMILES string of the molecule is C=C(C)C(=O)OCC(C)(COC(=O)C(=C)C)NC(=O)OCCC(=O)N[C@H](C(=O)NCCCCCCCCCCCCCCCCCC)[C@@H](C)CC. The van der Waals surface area contributed by atoms with E-state index >= 15 is 0 Å². The van der Waals surface area contributed by atoms with Crippen LogP contribution in [0.5, 0.6) is 0 Å². The molecule has 0 unspecified atom stereocenters. The summed E-state index contributed by atoms with van der Waals surface area (Å²) in [6, 6.07) is -0.702. The van der Waals surface area contributed by atoms with Gasteiger partial charge in [-0.2, -0.15) is 0 Å². The second-order valence-corrected chi connectivity index (χ2v) is 14.3. The van der Waals surface area contributed by atoms with E-state index in [0.717, 1.165) is 19.3 Å². The van der Waals surface area contributed by atoms with E-state index in [2.05, 4.69) is 36.0 Å². The van der Waals surface area contributed by atoms with Gasteiger partial charge in [-0.15, -0.1) is 0 Å². The van der Waals surface area contributed by atoms with Gasteiger partial charge in [-0.25, -0.2) is 14.4 Å². The first kappa shape index (κ1) is 47.6. The molecule has 11 nitrogen and oxygen atoms in total. The number of carbonyl (C=O) groups is 5. The number of amides is 3. The molecule has 0 aliphatic rings. The maximum atomic E-state index is 13.0. The molecule has 11 heteroatoms. The van der Waals surface area contributed by atoms with Crippen LogP contribution in [-0.2, 0) is 33.4 Å². The molecule has 0 aliphatic carbocycles. The van der Waals surface area contributed by atoms with Crippen molar-refractivity contribution in [2.75, 3.05) is 26.4 Å². The highest BCUT2D eigenvalue weighted by Gasteiger charge is 2.32. The fraction of sp³-hybridized carbons (Fsp3) is 0.775. The van der Waals surface area contributed by atoms with E-state index in [9.17, 15) is 24.0 Å². The van der Waals surface area contributed by atoms with E-state index in [1.165, 1.54) is 104 Å². The largest absolute Gasteiger partial charge is 0.460 e. The third-order valence-corrected chi connectivity index (χ3v) is 8.85. The molecule has 0 aromatic carbocycles. The van der Waals surface area contributed by atoms with Crippen LogP contribution in [0.25, 0.3) is 0 Å². The first-order chi connectivity index (χ1) is 24.3.